The van der Waals surface area contributed by atoms with Crippen molar-refractivity contribution in [3.05, 3.63) is 82.3 Å². The summed E-state index contributed by atoms with van der Waals surface area (Å²) < 4.78 is 0. The smallest absolute Gasteiger partial charge is 0.275 e. The van der Waals surface area contributed by atoms with Crippen LogP contribution in [0.3, 0.4) is 0 Å². The molecule has 0 spiro atoms. The molecule has 0 saturated heterocycles. The fraction of sp³-hybridized carbons (Fsp3) is 0.190. The van der Waals surface area contributed by atoms with Gasteiger partial charge in [-0.2, -0.15) is 0 Å². The van der Waals surface area contributed by atoms with Crippen LogP contribution in [-0.2, 0) is 6.42 Å². The summed E-state index contributed by atoms with van der Waals surface area (Å²) in [5.74, 6) is 0.361. The number of anilines is 2. The lowest BCUT2D eigenvalue weighted by Gasteiger charge is -2.11. The lowest BCUT2D eigenvalue weighted by atomic mass is 10.1. The van der Waals surface area contributed by atoms with E-state index in [1.165, 1.54) is 11.8 Å². The molecule has 5 nitrogen and oxygen atoms in total. The number of hydrogen-bond donors (Lipinski definition) is 2. The number of benzene rings is 2. The highest BCUT2D eigenvalue weighted by molar-refractivity contribution is 6.30. The van der Waals surface area contributed by atoms with Crippen molar-refractivity contribution in [2.75, 3.05) is 17.2 Å². The molecule has 0 aliphatic rings. The number of carbonyl (C=O) groups is 1. The highest BCUT2D eigenvalue weighted by Crippen LogP contribution is 2.20. The molecule has 138 valence electrons. The zero-order valence-electron chi connectivity index (χ0n) is 15.3. The molecular weight excluding hydrogens is 360 g/mol. The van der Waals surface area contributed by atoms with E-state index >= 15 is 0 Å². The summed E-state index contributed by atoms with van der Waals surface area (Å²) >= 11 is 5.88. The van der Waals surface area contributed by atoms with Crippen LogP contribution < -0.4 is 10.6 Å². The van der Waals surface area contributed by atoms with E-state index in [-0.39, 0.29) is 11.6 Å². The van der Waals surface area contributed by atoms with Crippen LogP contribution in [0.1, 0.15) is 27.2 Å². The maximum Gasteiger partial charge on any atom is 0.275 e. The SMILES string of the molecule is Cc1cccc(C)c1NC(=O)c1cnc(NCCc2ccc(Cl)cc2)cn1. The Labute approximate surface area is 163 Å². The molecule has 0 radical (unpaired) electrons. The maximum absolute atomic E-state index is 12.4. The predicted molar refractivity (Wildman–Crippen MR) is 110 cm³/mol. The molecule has 0 aliphatic carbocycles. The number of aryl methyl sites for hydroxylation is 2. The zero-order valence-corrected chi connectivity index (χ0v) is 16.0. The number of nitrogens with one attached hydrogen (secondary N) is 2. The first-order chi connectivity index (χ1) is 13.0. The third-order valence-electron chi connectivity index (χ3n) is 4.24. The van der Waals surface area contributed by atoms with Crippen LogP contribution >= 0.6 is 11.6 Å². The summed E-state index contributed by atoms with van der Waals surface area (Å²) in [6, 6.07) is 13.6. The molecule has 1 aromatic heterocycles. The van der Waals surface area contributed by atoms with E-state index in [1.807, 2.05) is 56.3 Å². The van der Waals surface area contributed by atoms with Gasteiger partial charge in [-0.15, -0.1) is 0 Å². The van der Waals surface area contributed by atoms with Crippen LogP contribution in [0.15, 0.2) is 54.9 Å². The van der Waals surface area contributed by atoms with Gasteiger partial charge in [0.15, 0.2) is 0 Å². The van der Waals surface area contributed by atoms with E-state index in [2.05, 4.69) is 20.6 Å². The summed E-state index contributed by atoms with van der Waals surface area (Å²) in [6.45, 7) is 4.63. The topological polar surface area (TPSA) is 66.9 Å². The second kappa shape index (κ2) is 8.64. The minimum atomic E-state index is -0.271. The third kappa shape index (κ3) is 5.05. The van der Waals surface area contributed by atoms with Gasteiger partial charge in [0.25, 0.3) is 5.91 Å². The highest BCUT2D eigenvalue weighted by atomic mass is 35.5. The first-order valence-corrected chi connectivity index (χ1v) is 9.08. The number of aromatic nitrogens is 2. The van der Waals surface area contributed by atoms with Crippen LogP contribution in [0.25, 0.3) is 0 Å². The van der Waals surface area contributed by atoms with Gasteiger partial charge in [-0.1, -0.05) is 41.9 Å². The summed E-state index contributed by atoms with van der Waals surface area (Å²) in [6.07, 6.45) is 3.89. The van der Waals surface area contributed by atoms with Gasteiger partial charge < -0.3 is 10.6 Å². The summed E-state index contributed by atoms with van der Waals surface area (Å²) in [5, 5.41) is 6.84. The minimum Gasteiger partial charge on any atom is -0.368 e. The number of rotatable bonds is 6. The molecule has 0 aliphatic heterocycles. The normalized spacial score (nSPS) is 10.5. The molecule has 2 aromatic carbocycles. The Morgan fingerprint density at radius 1 is 1.00 bits per heavy atom. The number of para-hydroxylation sites is 1. The van der Waals surface area contributed by atoms with Gasteiger partial charge in [-0.25, -0.2) is 9.97 Å². The molecule has 0 bridgehead atoms. The van der Waals surface area contributed by atoms with Crippen molar-refractivity contribution in [2.45, 2.75) is 20.3 Å². The van der Waals surface area contributed by atoms with Crippen LogP contribution in [-0.4, -0.2) is 22.4 Å². The molecular formula is C21H21ClN4O. The van der Waals surface area contributed by atoms with Crippen molar-refractivity contribution in [3.8, 4) is 0 Å². The lowest BCUT2D eigenvalue weighted by molar-refractivity contribution is 0.102. The highest BCUT2D eigenvalue weighted by Gasteiger charge is 2.11. The van der Waals surface area contributed by atoms with E-state index in [0.29, 0.717) is 12.4 Å². The first-order valence-electron chi connectivity index (χ1n) is 8.71. The van der Waals surface area contributed by atoms with Crippen LogP contribution in [0.5, 0.6) is 0 Å². The minimum absolute atomic E-state index is 0.271. The monoisotopic (exact) mass is 380 g/mol. The largest absolute Gasteiger partial charge is 0.368 e. The first kappa shape index (κ1) is 18.9. The Morgan fingerprint density at radius 3 is 2.33 bits per heavy atom. The number of amides is 1. The Balaban J connectivity index is 1.56. The standard InChI is InChI=1S/C21H21ClN4O/c1-14-4-3-5-15(2)20(14)26-21(27)18-12-25-19(13-24-18)23-11-10-16-6-8-17(22)9-7-16/h3-9,12-13H,10-11H2,1-2H3,(H,23,25)(H,26,27). The molecule has 2 N–H and O–H groups in total. The summed E-state index contributed by atoms with van der Waals surface area (Å²) in [7, 11) is 0. The van der Waals surface area contributed by atoms with E-state index < -0.39 is 0 Å². The van der Waals surface area contributed by atoms with Crippen molar-refractivity contribution in [2.24, 2.45) is 0 Å². The average Bonchev–Trinajstić information content (AvgIpc) is 2.67. The molecule has 3 rings (SSSR count). The van der Waals surface area contributed by atoms with Crippen LogP contribution in [0.2, 0.25) is 5.02 Å². The molecule has 0 fully saturated rings. The molecule has 6 heteroatoms. The second-order valence-corrected chi connectivity index (χ2v) is 6.75. The number of hydrogen-bond acceptors (Lipinski definition) is 4. The van der Waals surface area contributed by atoms with Gasteiger partial charge in [0, 0.05) is 17.3 Å². The fourth-order valence-corrected chi connectivity index (χ4v) is 2.84. The van der Waals surface area contributed by atoms with E-state index in [4.69, 9.17) is 11.6 Å². The number of nitrogens with zero attached hydrogens (tertiary/aromatic N) is 2. The van der Waals surface area contributed by atoms with Crippen molar-refractivity contribution in [3.63, 3.8) is 0 Å². The Bertz CT molecular complexity index is 904. The van der Waals surface area contributed by atoms with Crippen molar-refractivity contribution in [1.29, 1.82) is 0 Å². The molecule has 0 unspecified atom stereocenters. The van der Waals surface area contributed by atoms with E-state index in [1.54, 1.807) is 6.20 Å². The van der Waals surface area contributed by atoms with Gasteiger partial charge in [0.2, 0.25) is 0 Å². The van der Waals surface area contributed by atoms with Crippen molar-refractivity contribution in [1.82, 2.24) is 9.97 Å². The Morgan fingerprint density at radius 2 is 1.70 bits per heavy atom. The fourth-order valence-electron chi connectivity index (χ4n) is 2.71. The van der Waals surface area contributed by atoms with Crippen LogP contribution in [0.4, 0.5) is 11.5 Å². The number of halogens is 1. The predicted octanol–water partition coefficient (Wildman–Crippen LogP) is 4.65. The quantitative estimate of drug-likeness (QED) is 0.653. The van der Waals surface area contributed by atoms with Gasteiger partial charge in [0.1, 0.15) is 11.5 Å². The maximum atomic E-state index is 12.4. The van der Waals surface area contributed by atoms with Gasteiger partial charge in [-0.3, -0.25) is 4.79 Å². The zero-order chi connectivity index (χ0) is 19.2. The third-order valence-corrected chi connectivity index (χ3v) is 4.49. The van der Waals surface area contributed by atoms with Crippen LogP contribution in [0, 0.1) is 13.8 Å². The molecule has 1 amide bonds. The average molecular weight is 381 g/mol. The van der Waals surface area contributed by atoms with E-state index in [9.17, 15) is 4.79 Å². The summed E-state index contributed by atoms with van der Waals surface area (Å²) in [4.78, 5) is 20.9. The number of carbonyl (C=O) groups excluding carboxylic acids is 1. The van der Waals surface area contributed by atoms with Gasteiger partial charge >= 0.3 is 0 Å². The van der Waals surface area contributed by atoms with Crippen molar-refractivity contribution >= 4 is 29.0 Å². The lowest BCUT2D eigenvalue weighted by Crippen LogP contribution is -2.16. The molecule has 3 aromatic rings. The van der Waals surface area contributed by atoms with Crippen molar-refractivity contribution < 1.29 is 4.79 Å². The summed E-state index contributed by atoms with van der Waals surface area (Å²) in [5.41, 5.74) is 4.30. The van der Waals surface area contributed by atoms with E-state index in [0.717, 1.165) is 28.3 Å². The Kier molecular flexibility index (Phi) is 6.04. The van der Waals surface area contributed by atoms with Gasteiger partial charge in [0.05, 0.1) is 12.4 Å². The van der Waals surface area contributed by atoms with Gasteiger partial charge in [-0.05, 0) is 49.1 Å². The molecule has 27 heavy (non-hydrogen) atoms. The Hall–Kier alpha value is -2.92. The molecule has 0 saturated carbocycles. The molecule has 1 heterocycles. The second-order valence-electron chi connectivity index (χ2n) is 6.31. The molecule has 0 atom stereocenters.